The number of para-hydroxylation sites is 1. The van der Waals surface area contributed by atoms with E-state index in [-0.39, 0.29) is 36.7 Å². The summed E-state index contributed by atoms with van der Waals surface area (Å²) in [7, 11) is 1.55. The zero-order chi connectivity index (χ0) is 28.1. The zero-order valence-corrected chi connectivity index (χ0v) is 23.2. The Kier molecular flexibility index (Phi) is 8.74. The summed E-state index contributed by atoms with van der Waals surface area (Å²) in [5.74, 6) is 0.822. The van der Waals surface area contributed by atoms with Gasteiger partial charge in [-0.25, -0.2) is 4.79 Å². The molecule has 3 aliphatic rings. The number of cyclic esters (lactones) is 1. The number of anilines is 1. The minimum absolute atomic E-state index is 0.0235. The molecule has 40 heavy (non-hydrogen) atoms. The number of carbonyl (C=O) groups is 3. The van der Waals surface area contributed by atoms with Crippen molar-refractivity contribution < 1.29 is 33.3 Å². The van der Waals surface area contributed by atoms with Crippen molar-refractivity contribution in [2.75, 3.05) is 51.3 Å². The van der Waals surface area contributed by atoms with E-state index >= 15 is 0 Å². The molecule has 0 spiro atoms. The Bertz CT molecular complexity index is 1220. The first-order valence-electron chi connectivity index (χ1n) is 14.0. The van der Waals surface area contributed by atoms with E-state index in [1.165, 1.54) is 0 Å². The average Bonchev–Trinajstić information content (AvgIpc) is 2.98. The summed E-state index contributed by atoms with van der Waals surface area (Å²) in [6, 6.07) is 13.1. The number of methoxy groups -OCH3 is 1. The van der Waals surface area contributed by atoms with Crippen LogP contribution in [0.15, 0.2) is 42.5 Å². The van der Waals surface area contributed by atoms with Crippen LogP contribution in [0.2, 0.25) is 0 Å². The van der Waals surface area contributed by atoms with E-state index in [2.05, 4.69) is 4.90 Å². The Morgan fingerprint density at radius 1 is 1.00 bits per heavy atom. The Balaban J connectivity index is 1.16. The number of likely N-dealkylation sites (tertiary alicyclic amines) is 2. The van der Waals surface area contributed by atoms with Gasteiger partial charge in [-0.2, -0.15) is 0 Å². The molecule has 0 saturated carbocycles. The quantitative estimate of drug-likeness (QED) is 0.457. The van der Waals surface area contributed by atoms with Gasteiger partial charge in [0.1, 0.15) is 24.2 Å². The largest absolute Gasteiger partial charge is 0.496 e. The van der Waals surface area contributed by atoms with Gasteiger partial charge in [-0.15, -0.1) is 0 Å². The number of ether oxygens (including phenoxy) is 4. The van der Waals surface area contributed by atoms with Crippen LogP contribution in [0, 0.1) is 0 Å². The minimum atomic E-state index is -0.328. The van der Waals surface area contributed by atoms with Crippen LogP contribution in [-0.4, -0.2) is 86.4 Å². The van der Waals surface area contributed by atoms with Crippen molar-refractivity contribution in [3.05, 3.63) is 53.6 Å². The molecule has 2 aromatic rings. The molecule has 10 nitrogen and oxygen atoms in total. The lowest BCUT2D eigenvalue weighted by atomic mass is 10.00. The van der Waals surface area contributed by atoms with E-state index in [0.717, 1.165) is 37.2 Å². The van der Waals surface area contributed by atoms with Crippen molar-refractivity contribution in [3.8, 4) is 11.5 Å². The van der Waals surface area contributed by atoms with E-state index in [9.17, 15) is 14.4 Å². The van der Waals surface area contributed by atoms with Crippen LogP contribution in [0.4, 0.5) is 10.5 Å². The molecule has 3 heterocycles. The van der Waals surface area contributed by atoms with E-state index in [1.807, 2.05) is 42.2 Å². The Morgan fingerprint density at radius 2 is 1.75 bits per heavy atom. The van der Waals surface area contributed by atoms with Gasteiger partial charge in [0.15, 0.2) is 0 Å². The normalized spacial score (nSPS) is 18.6. The summed E-state index contributed by atoms with van der Waals surface area (Å²) in [6.07, 6.45) is 2.61. The topological polar surface area (TPSA) is 97.9 Å². The van der Waals surface area contributed by atoms with Gasteiger partial charge >= 0.3 is 12.1 Å². The van der Waals surface area contributed by atoms with Gasteiger partial charge < -0.3 is 23.8 Å². The van der Waals surface area contributed by atoms with Crippen LogP contribution >= 0.6 is 0 Å². The first kappa shape index (κ1) is 27.8. The second-order valence-electron chi connectivity index (χ2n) is 10.3. The number of benzene rings is 2. The van der Waals surface area contributed by atoms with Gasteiger partial charge in [-0.3, -0.25) is 19.4 Å². The second kappa shape index (κ2) is 12.6. The van der Waals surface area contributed by atoms with Gasteiger partial charge in [0.05, 0.1) is 31.5 Å². The third-order valence-electron chi connectivity index (χ3n) is 7.81. The molecule has 0 atom stereocenters. The Hall–Kier alpha value is -3.79. The van der Waals surface area contributed by atoms with E-state index in [1.54, 1.807) is 24.1 Å². The summed E-state index contributed by atoms with van der Waals surface area (Å²) in [6.45, 7) is 5.36. The van der Waals surface area contributed by atoms with Crippen molar-refractivity contribution in [1.82, 2.24) is 9.80 Å². The molecule has 0 bridgehead atoms. The lowest BCUT2D eigenvalue weighted by Crippen LogP contribution is -2.50. The molecule has 2 saturated heterocycles. The maximum atomic E-state index is 13.5. The van der Waals surface area contributed by atoms with Crippen molar-refractivity contribution in [2.45, 2.75) is 51.4 Å². The molecule has 214 valence electrons. The molecule has 0 unspecified atom stereocenters. The number of hydrogen-bond donors (Lipinski definition) is 0. The van der Waals surface area contributed by atoms with E-state index in [0.29, 0.717) is 56.1 Å². The summed E-state index contributed by atoms with van der Waals surface area (Å²) in [5, 5.41) is 0. The molecule has 3 aliphatic heterocycles. The molecule has 0 radical (unpaired) electrons. The highest BCUT2D eigenvalue weighted by molar-refractivity contribution is 5.97. The number of esters is 1. The molecule has 10 heteroatoms. The van der Waals surface area contributed by atoms with Crippen LogP contribution in [0.5, 0.6) is 11.5 Å². The zero-order valence-electron chi connectivity index (χ0n) is 23.2. The number of rotatable bonds is 8. The van der Waals surface area contributed by atoms with Gasteiger partial charge in [0, 0.05) is 43.9 Å². The monoisotopic (exact) mass is 551 g/mol. The molecule has 5 rings (SSSR count). The van der Waals surface area contributed by atoms with Crippen LogP contribution in [0.25, 0.3) is 0 Å². The fourth-order valence-corrected chi connectivity index (χ4v) is 5.71. The number of amides is 2. The Labute approximate surface area is 234 Å². The number of fused-ring (bicyclic) bond motifs is 1. The highest BCUT2D eigenvalue weighted by Gasteiger charge is 2.35. The molecular weight excluding hydrogens is 514 g/mol. The van der Waals surface area contributed by atoms with Crippen LogP contribution in [0.3, 0.4) is 0 Å². The number of piperidine rings is 2. The van der Waals surface area contributed by atoms with Crippen LogP contribution in [0.1, 0.15) is 48.5 Å². The molecule has 0 aromatic heterocycles. The molecular formula is C30H37N3O7. The second-order valence-corrected chi connectivity index (χ2v) is 10.3. The smallest absolute Gasteiger partial charge is 0.414 e. The first-order valence-corrected chi connectivity index (χ1v) is 14.0. The van der Waals surface area contributed by atoms with Crippen molar-refractivity contribution in [3.63, 3.8) is 0 Å². The molecule has 0 aliphatic carbocycles. The molecule has 0 N–H and O–H groups in total. The highest BCUT2D eigenvalue weighted by atomic mass is 16.6. The predicted molar refractivity (Wildman–Crippen MR) is 148 cm³/mol. The van der Waals surface area contributed by atoms with Crippen molar-refractivity contribution in [2.24, 2.45) is 0 Å². The predicted octanol–water partition coefficient (Wildman–Crippen LogP) is 3.86. The molecule has 2 amide bonds. The summed E-state index contributed by atoms with van der Waals surface area (Å²) in [5.41, 5.74) is 2.38. The highest BCUT2D eigenvalue weighted by Crippen LogP contribution is 2.33. The van der Waals surface area contributed by atoms with Crippen molar-refractivity contribution >= 4 is 23.7 Å². The summed E-state index contributed by atoms with van der Waals surface area (Å²) >= 11 is 0. The summed E-state index contributed by atoms with van der Waals surface area (Å²) < 4.78 is 22.2. The third-order valence-corrected chi connectivity index (χ3v) is 7.81. The lowest BCUT2D eigenvalue weighted by Gasteiger charge is -2.40. The van der Waals surface area contributed by atoms with Crippen LogP contribution in [-0.2, 0) is 20.9 Å². The van der Waals surface area contributed by atoms with E-state index in [4.69, 9.17) is 18.9 Å². The summed E-state index contributed by atoms with van der Waals surface area (Å²) in [4.78, 5) is 43.4. The maximum absolute atomic E-state index is 13.5. The number of nitrogens with zero attached hydrogens (tertiary/aromatic N) is 3. The number of carbonyl (C=O) groups excluding carboxylic acids is 3. The third kappa shape index (κ3) is 6.17. The average molecular weight is 552 g/mol. The first-order chi connectivity index (χ1) is 19.5. The van der Waals surface area contributed by atoms with Crippen molar-refractivity contribution in [1.29, 1.82) is 0 Å². The van der Waals surface area contributed by atoms with Crippen LogP contribution < -0.4 is 14.4 Å². The van der Waals surface area contributed by atoms with E-state index < -0.39 is 0 Å². The SMILES string of the molecule is CCOC(=O)CN1CCC(Oc2ccc(C(=O)N3CCC(N4C(=O)OCc5ccccc54)CC3)c(OC)c2)CC1. The maximum Gasteiger partial charge on any atom is 0.414 e. The molecule has 2 fully saturated rings. The fraction of sp³-hybridized carbons (Fsp3) is 0.500. The lowest BCUT2D eigenvalue weighted by molar-refractivity contribution is -0.144. The van der Waals surface area contributed by atoms with Gasteiger partial charge in [-0.1, -0.05) is 18.2 Å². The van der Waals surface area contributed by atoms with Gasteiger partial charge in [-0.05, 0) is 50.8 Å². The number of hydrogen-bond acceptors (Lipinski definition) is 8. The minimum Gasteiger partial charge on any atom is -0.496 e. The van der Waals surface area contributed by atoms with Gasteiger partial charge in [0.2, 0.25) is 0 Å². The fourth-order valence-electron chi connectivity index (χ4n) is 5.71. The van der Waals surface area contributed by atoms with Gasteiger partial charge in [0.25, 0.3) is 5.91 Å². The molecule has 2 aromatic carbocycles. The Morgan fingerprint density at radius 3 is 2.48 bits per heavy atom. The standard InChI is InChI=1S/C30H37N3O7/c1-3-38-28(34)19-31-14-12-23(13-15-31)40-24-8-9-25(27(18-24)37-2)29(35)32-16-10-22(11-17-32)33-26-7-5-4-6-21(26)20-39-30(33)36/h4-9,18,22-23H,3,10-17,19-20H2,1-2H3.